The van der Waals surface area contributed by atoms with Crippen LogP contribution >= 0.6 is 0 Å². The first kappa shape index (κ1) is 13.9. The molecule has 0 saturated carbocycles. The van der Waals surface area contributed by atoms with Crippen LogP contribution in [0, 0.1) is 0 Å². The molecule has 0 amide bonds. The Bertz CT molecular complexity index is 622. The van der Waals surface area contributed by atoms with E-state index in [1.807, 2.05) is 6.07 Å². The molecule has 104 valence electrons. The van der Waals surface area contributed by atoms with Gasteiger partial charge in [0.15, 0.2) is 0 Å². The highest BCUT2D eigenvalue weighted by Crippen LogP contribution is 2.21. The van der Waals surface area contributed by atoms with Crippen molar-refractivity contribution in [3.8, 4) is 5.75 Å². The van der Waals surface area contributed by atoms with Crippen LogP contribution in [0.5, 0.6) is 5.75 Å². The Labute approximate surface area is 112 Å². The lowest BCUT2D eigenvalue weighted by Crippen LogP contribution is -2.16. The van der Waals surface area contributed by atoms with Crippen LogP contribution in [0.2, 0.25) is 0 Å². The lowest BCUT2D eigenvalue weighted by Gasteiger charge is -2.07. The second-order valence-electron chi connectivity index (χ2n) is 3.69. The topological polar surface area (TPSA) is 50.8 Å². The van der Waals surface area contributed by atoms with Gasteiger partial charge < -0.3 is 4.74 Å². The van der Waals surface area contributed by atoms with Crippen LogP contribution in [0.4, 0.5) is 13.2 Å². The van der Waals surface area contributed by atoms with E-state index in [-0.39, 0.29) is 5.75 Å². The summed E-state index contributed by atoms with van der Waals surface area (Å²) in [5, 5.41) is 7.72. The first-order valence-corrected chi connectivity index (χ1v) is 5.58. The maximum Gasteiger partial charge on any atom is 0.573 e. The van der Waals surface area contributed by atoms with E-state index in [4.69, 9.17) is 0 Å². The molecule has 0 aliphatic heterocycles. The molecule has 20 heavy (non-hydrogen) atoms. The highest BCUT2D eigenvalue weighted by Gasteiger charge is 2.30. The number of nitrogens with one attached hydrogen (secondary N) is 1. The summed E-state index contributed by atoms with van der Waals surface area (Å²) < 4.78 is 38.2. The van der Waals surface area contributed by atoms with Gasteiger partial charge in [0.05, 0.1) is 11.7 Å². The molecule has 3 rings (SSSR count). The van der Waals surface area contributed by atoms with Gasteiger partial charge in [-0.2, -0.15) is 5.10 Å². The van der Waals surface area contributed by atoms with Gasteiger partial charge in [-0.3, -0.25) is 10.1 Å². The van der Waals surface area contributed by atoms with E-state index in [9.17, 15) is 13.2 Å². The van der Waals surface area contributed by atoms with E-state index in [0.29, 0.717) is 0 Å². The van der Waals surface area contributed by atoms with Crippen LogP contribution in [0.25, 0.3) is 10.9 Å². The molecule has 0 aliphatic carbocycles. The summed E-state index contributed by atoms with van der Waals surface area (Å²) in [5.41, 5.74) is 1.03. The summed E-state index contributed by atoms with van der Waals surface area (Å²) in [5.74, 6) is -0.194. The van der Waals surface area contributed by atoms with Crippen LogP contribution in [0.3, 0.4) is 0 Å². The second kappa shape index (κ2) is 6.05. The minimum Gasteiger partial charge on any atom is -0.406 e. The van der Waals surface area contributed by atoms with E-state index in [1.54, 1.807) is 24.7 Å². The molecule has 2 heterocycles. The molecule has 2 aromatic heterocycles. The van der Waals surface area contributed by atoms with Crippen molar-refractivity contribution in [2.45, 2.75) is 6.36 Å². The van der Waals surface area contributed by atoms with Crippen LogP contribution in [-0.2, 0) is 0 Å². The minimum absolute atomic E-state index is 0.194. The van der Waals surface area contributed by atoms with E-state index in [0.717, 1.165) is 10.9 Å². The zero-order valence-corrected chi connectivity index (χ0v) is 10.1. The number of rotatable bonds is 1. The SMILES string of the molecule is FC(F)(F)Oc1ccccc1.c1cc2[nH]ncc2cn1. The number of H-pyrrole nitrogens is 1. The predicted molar refractivity (Wildman–Crippen MR) is 67.0 cm³/mol. The third kappa shape index (κ3) is 4.27. The molecule has 1 aromatic carbocycles. The van der Waals surface area contributed by atoms with Gasteiger partial charge in [-0.25, -0.2) is 0 Å². The fourth-order valence-corrected chi connectivity index (χ4v) is 1.40. The molecule has 0 saturated heterocycles. The number of alkyl halides is 3. The zero-order chi connectivity index (χ0) is 14.4. The Morgan fingerprint density at radius 1 is 1.00 bits per heavy atom. The van der Waals surface area contributed by atoms with Gasteiger partial charge in [0.25, 0.3) is 0 Å². The van der Waals surface area contributed by atoms with Crippen LogP contribution < -0.4 is 4.74 Å². The standard InChI is InChI=1S/C7H5F3O.C6H5N3/c8-7(9,10)11-6-4-2-1-3-5-6;1-2-7-3-5-4-8-9-6(1)5/h1-5H;1-4H,(H,8,9). The zero-order valence-electron chi connectivity index (χ0n) is 10.1. The third-order valence-corrected chi connectivity index (χ3v) is 2.22. The Hall–Kier alpha value is -2.57. The molecule has 0 radical (unpaired) electrons. The molecular formula is C13H10F3N3O. The summed E-state index contributed by atoms with van der Waals surface area (Å²) in [6.45, 7) is 0. The second-order valence-corrected chi connectivity index (χ2v) is 3.69. The number of benzene rings is 1. The Kier molecular flexibility index (Phi) is 4.19. The molecular weight excluding hydrogens is 271 g/mol. The average Bonchev–Trinajstić information content (AvgIpc) is 2.87. The van der Waals surface area contributed by atoms with Crippen LogP contribution in [-0.4, -0.2) is 21.5 Å². The number of para-hydroxylation sites is 1. The molecule has 0 spiro atoms. The number of aromatic amines is 1. The summed E-state index contributed by atoms with van der Waals surface area (Å²) in [6, 6.07) is 8.94. The van der Waals surface area contributed by atoms with Gasteiger partial charge in [-0.1, -0.05) is 18.2 Å². The molecule has 0 unspecified atom stereocenters. The molecule has 3 aromatic rings. The lowest BCUT2D eigenvalue weighted by atomic mass is 10.3. The monoisotopic (exact) mass is 281 g/mol. The highest BCUT2D eigenvalue weighted by molar-refractivity contribution is 5.75. The van der Waals surface area contributed by atoms with Crippen molar-refractivity contribution >= 4 is 10.9 Å². The van der Waals surface area contributed by atoms with Crippen molar-refractivity contribution in [2.75, 3.05) is 0 Å². The predicted octanol–water partition coefficient (Wildman–Crippen LogP) is 3.54. The summed E-state index contributed by atoms with van der Waals surface area (Å²) >= 11 is 0. The van der Waals surface area contributed by atoms with E-state index in [1.165, 1.54) is 24.3 Å². The van der Waals surface area contributed by atoms with Crippen molar-refractivity contribution in [1.29, 1.82) is 0 Å². The normalized spacial score (nSPS) is 10.8. The lowest BCUT2D eigenvalue weighted by molar-refractivity contribution is -0.274. The Balaban J connectivity index is 0.000000149. The minimum atomic E-state index is -4.60. The Morgan fingerprint density at radius 3 is 2.40 bits per heavy atom. The summed E-state index contributed by atoms with van der Waals surface area (Å²) in [6.07, 6.45) is 0.670. The quantitative estimate of drug-likeness (QED) is 0.742. The number of pyridine rings is 1. The van der Waals surface area contributed by atoms with Gasteiger partial charge in [0.1, 0.15) is 5.75 Å². The van der Waals surface area contributed by atoms with Crippen molar-refractivity contribution in [2.24, 2.45) is 0 Å². The van der Waals surface area contributed by atoms with E-state index < -0.39 is 6.36 Å². The van der Waals surface area contributed by atoms with Gasteiger partial charge in [0.2, 0.25) is 0 Å². The fraction of sp³-hybridized carbons (Fsp3) is 0.0769. The maximum atomic E-state index is 11.5. The molecule has 0 fully saturated rings. The van der Waals surface area contributed by atoms with Gasteiger partial charge in [0, 0.05) is 17.8 Å². The van der Waals surface area contributed by atoms with Crippen molar-refractivity contribution in [1.82, 2.24) is 15.2 Å². The smallest absolute Gasteiger partial charge is 0.406 e. The Morgan fingerprint density at radius 2 is 1.75 bits per heavy atom. The average molecular weight is 281 g/mol. The summed E-state index contributed by atoms with van der Waals surface area (Å²) in [7, 11) is 0. The summed E-state index contributed by atoms with van der Waals surface area (Å²) in [4.78, 5) is 3.93. The van der Waals surface area contributed by atoms with Gasteiger partial charge in [-0.05, 0) is 18.2 Å². The van der Waals surface area contributed by atoms with Crippen LogP contribution in [0.1, 0.15) is 0 Å². The number of hydrogen-bond donors (Lipinski definition) is 1. The molecule has 0 bridgehead atoms. The maximum absolute atomic E-state index is 11.5. The first-order valence-electron chi connectivity index (χ1n) is 5.58. The van der Waals surface area contributed by atoms with E-state index in [2.05, 4.69) is 19.9 Å². The number of fused-ring (bicyclic) bond motifs is 1. The fourth-order valence-electron chi connectivity index (χ4n) is 1.40. The molecule has 4 nitrogen and oxygen atoms in total. The number of halogens is 3. The molecule has 7 heteroatoms. The van der Waals surface area contributed by atoms with Gasteiger partial charge in [-0.15, -0.1) is 13.2 Å². The van der Waals surface area contributed by atoms with Gasteiger partial charge >= 0.3 is 6.36 Å². The highest BCUT2D eigenvalue weighted by atomic mass is 19.4. The molecule has 0 aliphatic rings. The largest absolute Gasteiger partial charge is 0.573 e. The van der Waals surface area contributed by atoms with Crippen molar-refractivity contribution in [3.05, 3.63) is 55.0 Å². The third-order valence-electron chi connectivity index (χ3n) is 2.22. The first-order chi connectivity index (χ1) is 9.54. The van der Waals surface area contributed by atoms with E-state index >= 15 is 0 Å². The molecule has 0 atom stereocenters. The number of hydrogen-bond acceptors (Lipinski definition) is 3. The van der Waals surface area contributed by atoms with Crippen molar-refractivity contribution < 1.29 is 17.9 Å². The number of aromatic nitrogens is 3. The van der Waals surface area contributed by atoms with Crippen molar-refractivity contribution in [3.63, 3.8) is 0 Å². The molecule has 1 N–H and O–H groups in total. The number of ether oxygens (including phenoxy) is 1. The van der Waals surface area contributed by atoms with Crippen LogP contribution in [0.15, 0.2) is 55.0 Å². The number of nitrogens with zero attached hydrogens (tertiary/aromatic N) is 2.